The summed E-state index contributed by atoms with van der Waals surface area (Å²) in [5, 5.41) is 7.50. The van der Waals surface area contributed by atoms with E-state index in [-0.39, 0.29) is 11.4 Å². The van der Waals surface area contributed by atoms with Crippen LogP contribution in [0.3, 0.4) is 0 Å². The van der Waals surface area contributed by atoms with Gasteiger partial charge in [-0.25, -0.2) is 27.8 Å². The summed E-state index contributed by atoms with van der Waals surface area (Å²) in [4.78, 5) is 8.51. The van der Waals surface area contributed by atoms with Crippen LogP contribution in [-0.4, -0.2) is 47.9 Å². The number of nitrogens with zero attached hydrogens (tertiary/aromatic N) is 4. The summed E-state index contributed by atoms with van der Waals surface area (Å²) in [5.41, 5.74) is 1.86. The van der Waals surface area contributed by atoms with Crippen LogP contribution in [0.25, 0.3) is 5.82 Å². The Kier molecular flexibility index (Phi) is 7.06. The van der Waals surface area contributed by atoms with Gasteiger partial charge in [-0.15, -0.1) is 0 Å². The molecular weight excluding hydrogens is 472 g/mol. The van der Waals surface area contributed by atoms with Crippen LogP contribution in [0.5, 0.6) is 5.75 Å². The predicted molar refractivity (Wildman–Crippen MR) is 118 cm³/mol. The molecule has 0 aliphatic carbocycles. The van der Waals surface area contributed by atoms with E-state index in [1.54, 1.807) is 29.8 Å². The summed E-state index contributed by atoms with van der Waals surface area (Å²) in [7, 11) is -3.74. The fraction of sp³-hybridized carbons (Fsp3) is 0.316. The number of hydrogen-bond donors (Lipinski definition) is 2. The maximum absolute atomic E-state index is 12.7. The highest BCUT2D eigenvalue weighted by Crippen LogP contribution is 2.27. The SMILES string of the molecule is CCOc1ccc(Br)cc1S(=O)(=O)NCCNc1cc(-n2nc(C)cc2C)ncn1. The second-order valence-corrected chi connectivity index (χ2v) is 9.10. The molecule has 30 heavy (non-hydrogen) atoms. The van der Waals surface area contributed by atoms with Crippen molar-refractivity contribution < 1.29 is 13.2 Å². The molecule has 0 amide bonds. The molecule has 160 valence electrons. The third-order valence-electron chi connectivity index (χ3n) is 4.10. The van der Waals surface area contributed by atoms with Gasteiger partial charge in [0.25, 0.3) is 0 Å². The second-order valence-electron chi connectivity index (χ2n) is 6.45. The van der Waals surface area contributed by atoms with Gasteiger partial charge in [0.05, 0.1) is 12.3 Å². The molecule has 0 fully saturated rings. The van der Waals surface area contributed by atoms with E-state index >= 15 is 0 Å². The van der Waals surface area contributed by atoms with Gasteiger partial charge >= 0.3 is 0 Å². The van der Waals surface area contributed by atoms with Crippen molar-refractivity contribution in [1.29, 1.82) is 0 Å². The number of rotatable bonds is 9. The van der Waals surface area contributed by atoms with Crippen molar-refractivity contribution >= 4 is 31.8 Å². The number of halogens is 1. The van der Waals surface area contributed by atoms with Gasteiger partial charge in [0, 0.05) is 29.3 Å². The van der Waals surface area contributed by atoms with Crippen LogP contribution in [0.1, 0.15) is 18.3 Å². The Morgan fingerprint density at radius 3 is 2.63 bits per heavy atom. The topological polar surface area (TPSA) is 111 Å². The minimum atomic E-state index is -3.74. The average molecular weight is 495 g/mol. The van der Waals surface area contributed by atoms with Gasteiger partial charge in [-0.1, -0.05) is 15.9 Å². The number of sulfonamides is 1. The quantitative estimate of drug-likeness (QED) is 0.439. The van der Waals surface area contributed by atoms with Crippen molar-refractivity contribution in [2.75, 3.05) is 25.0 Å². The zero-order chi connectivity index (χ0) is 21.7. The van der Waals surface area contributed by atoms with Crippen molar-refractivity contribution in [2.24, 2.45) is 0 Å². The molecule has 3 aromatic rings. The number of aryl methyl sites for hydroxylation is 2. The molecule has 1 aromatic carbocycles. The van der Waals surface area contributed by atoms with Crippen LogP contribution in [0.4, 0.5) is 5.82 Å². The van der Waals surface area contributed by atoms with Crippen LogP contribution in [0, 0.1) is 13.8 Å². The van der Waals surface area contributed by atoms with E-state index in [9.17, 15) is 8.42 Å². The summed E-state index contributed by atoms with van der Waals surface area (Å²) in [6.07, 6.45) is 1.44. The molecule has 3 rings (SSSR count). The van der Waals surface area contributed by atoms with Crippen molar-refractivity contribution in [1.82, 2.24) is 24.5 Å². The molecule has 11 heteroatoms. The molecule has 0 aliphatic heterocycles. The summed E-state index contributed by atoms with van der Waals surface area (Å²) < 4.78 is 35.8. The van der Waals surface area contributed by atoms with Crippen LogP contribution in [0.2, 0.25) is 0 Å². The third-order valence-corrected chi connectivity index (χ3v) is 6.07. The average Bonchev–Trinajstić information content (AvgIpc) is 3.05. The minimum Gasteiger partial charge on any atom is -0.492 e. The van der Waals surface area contributed by atoms with Gasteiger partial charge in [-0.3, -0.25) is 0 Å². The Morgan fingerprint density at radius 1 is 1.13 bits per heavy atom. The van der Waals surface area contributed by atoms with Crippen molar-refractivity contribution in [3.05, 3.63) is 52.5 Å². The largest absolute Gasteiger partial charge is 0.492 e. The number of aromatic nitrogens is 4. The summed E-state index contributed by atoms with van der Waals surface area (Å²) in [6, 6.07) is 8.60. The van der Waals surface area contributed by atoms with Crippen LogP contribution < -0.4 is 14.8 Å². The lowest BCUT2D eigenvalue weighted by atomic mass is 10.3. The molecule has 2 heterocycles. The zero-order valence-corrected chi connectivity index (χ0v) is 19.3. The van der Waals surface area contributed by atoms with Gasteiger partial charge in [0.2, 0.25) is 10.0 Å². The smallest absolute Gasteiger partial charge is 0.244 e. The Bertz CT molecular complexity index is 1130. The molecule has 0 bridgehead atoms. The third kappa shape index (κ3) is 5.35. The number of hydrogen-bond acceptors (Lipinski definition) is 7. The number of ether oxygens (including phenoxy) is 1. The lowest BCUT2D eigenvalue weighted by Crippen LogP contribution is -2.29. The van der Waals surface area contributed by atoms with Gasteiger partial charge in [-0.2, -0.15) is 5.10 Å². The summed E-state index contributed by atoms with van der Waals surface area (Å²) >= 11 is 3.30. The van der Waals surface area contributed by atoms with E-state index in [0.29, 0.717) is 35.0 Å². The standard InChI is InChI=1S/C19H23BrN6O3S/c1-4-29-16-6-5-15(20)10-17(16)30(27,28)24-8-7-21-18-11-19(23-12-22-18)26-14(3)9-13(2)25-26/h5-6,9-12,24H,4,7-8H2,1-3H3,(H,21,22,23). The highest BCUT2D eigenvalue weighted by molar-refractivity contribution is 9.10. The second kappa shape index (κ2) is 9.54. The zero-order valence-electron chi connectivity index (χ0n) is 16.9. The van der Waals surface area contributed by atoms with E-state index < -0.39 is 10.0 Å². The molecular formula is C19H23BrN6O3S. The first-order valence-electron chi connectivity index (χ1n) is 9.31. The molecule has 0 saturated heterocycles. The molecule has 0 aliphatic rings. The van der Waals surface area contributed by atoms with E-state index in [4.69, 9.17) is 4.74 Å². The normalized spacial score (nSPS) is 11.5. The maximum Gasteiger partial charge on any atom is 0.244 e. The van der Waals surface area contributed by atoms with Crippen LogP contribution >= 0.6 is 15.9 Å². The van der Waals surface area contributed by atoms with Crippen molar-refractivity contribution in [2.45, 2.75) is 25.7 Å². The predicted octanol–water partition coefficient (Wildman–Crippen LogP) is 2.83. The molecule has 0 atom stereocenters. The summed E-state index contributed by atoms with van der Waals surface area (Å²) in [6.45, 7) is 6.54. The molecule has 0 spiro atoms. The fourth-order valence-electron chi connectivity index (χ4n) is 2.84. The van der Waals surface area contributed by atoms with Crippen LogP contribution in [-0.2, 0) is 10.0 Å². The first-order chi connectivity index (χ1) is 14.3. The maximum atomic E-state index is 12.7. The number of anilines is 1. The Labute approximate surface area is 184 Å². The Morgan fingerprint density at radius 2 is 1.93 bits per heavy atom. The Balaban J connectivity index is 1.63. The van der Waals surface area contributed by atoms with Gasteiger partial charge in [-0.05, 0) is 45.0 Å². The molecule has 0 radical (unpaired) electrons. The highest BCUT2D eigenvalue weighted by Gasteiger charge is 2.19. The summed E-state index contributed by atoms with van der Waals surface area (Å²) in [5.74, 6) is 1.52. The van der Waals surface area contributed by atoms with E-state index in [1.807, 2.05) is 19.9 Å². The molecule has 2 N–H and O–H groups in total. The van der Waals surface area contributed by atoms with Crippen LogP contribution in [0.15, 0.2) is 46.0 Å². The van der Waals surface area contributed by atoms with E-state index in [1.165, 1.54) is 12.4 Å². The lowest BCUT2D eigenvalue weighted by Gasteiger charge is -2.13. The fourth-order valence-corrected chi connectivity index (χ4v) is 4.55. The number of nitrogens with one attached hydrogen (secondary N) is 2. The highest BCUT2D eigenvalue weighted by atomic mass is 79.9. The number of benzene rings is 1. The molecule has 0 unspecified atom stereocenters. The van der Waals surface area contributed by atoms with Crippen molar-refractivity contribution in [3.8, 4) is 11.6 Å². The first-order valence-corrected chi connectivity index (χ1v) is 11.6. The molecule has 0 saturated carbocycles. The van der Waals surface area contributed by atoms with Gasteiger partial charge in [0.1, 0.15) is 22.8 Å². The molecule has 9 nitrogen and oxygen atoms in total. The molecule has 2 aromatic heterocycles. The van der Waals surface area contributed by atoms with E-state index in [0.717, 1.165) is 11.4 Å². The lowest BCUT2D eigenvalue weighted by molar-refractivity contribution is 0.331. The monoisotopic (exact) mass is 494 g/mol. The Hall–Kier alpha value is -2.50. The first kappa shape index (κ1) is 22.2. The van der Waals surface area contributed by atoms with Gasteiger partial charge in [0.15, 0.2) is 5.82 Å². The van der Waals surface area contributed by atoms with Gasteiger partial charge < -0.3 is 10.1 Å². The van der Waals surface area contributed by atoms with E-state index in [2.05, 4.69) is 41.0 Å². The van der Waals surface area contributed by atoms with Crippen molar-refractivity contribution in [3.63, 3.8) is 0 Å². The minimum absolute atomic E-state index is 0.0903.